The van der Waals surface area contributed by atoms with Crippen LogP contribution < -0.4 is 5.56 Å². The van der Waals surface area contributed by atoms with E-state index in [-0.39, 0.29) is 10.3 Å². The minimum Gasteiger partial charge on any atom is -0.285 e. The molecule has 0 aliphatic carbocycles. The van der Waals surface area contributed by atoms with E-state index in [0.29, 0.717) is 0 Å². The van der Waals surface area contributed by atoms with Crippen molar-refractivity contribution in [2.45, 2.75) is 23.4 Å². The van der Waals surface area contributed by atoms with Crippen molar-refractivity contribution in [2.75, 3.05) is 5.33 Å². The maximum Gasteiger partial charge on any atom is 0.272 e. The summed E-state index contributed by atoms with van der Waals surface area (Å²) in [6.07, 6.45) is 0. The molecule has 0 aromatic carbocycles. The normalized spacial score (nSPS) is 23.9. The van der Waals surface area contributed by atoms with Crippen molar-refractivity contribution in [3.8, 4) is 0 Å². The molecule has 3 nitrogen and oxygen atoms in total. The number of aromatic nitrogens is 2. The smallest absolute Gasteiger partial charge is 0.272 e. The summed E-state index contributed by atoms with van der Waals surface area (Å²) < 4.78 is 2.61. The summed E-state index contributed by atoms with van der Waals surface area (Å²) in [5.41, 5.74) is 0.930. The van der Waals surface area contributed by atoms with Gasteiger partial charge in [0.2, 0.25) is 0 Å². The summed E-state index contributed by atoms with van der Waals surface area (Å²) in [5.74, 6) is 0. The molecule has 0 N–H and O–H groups in total. The number of thiophene rings is 1. The molecule has 3 heterocycles. The molecule has 2 aromatic heterocycles. The molecule has 0 radical (unpaired) electrons. The van der Waals surface area contributed by atoms with Crippen molar-refractivity contribution in [1.82, 2.24) is 9.55 Å². The molecule has 1 aliphatic rings. The molecule has 84 valence electrons. The van der Waals surface area contributed by atoms with E-state index in [2.05, 4.69) is 27.8 Å². The Hall–Kier alpha value is -0.330. The topological polar surface area (TPSA) is 34.9 Å². The maximum absolute atomic E-state index is 12.2. The first kappa shape index (κ1) is 10.8. The van der Waals surface area contributed by atoms with Gasteiger partial charge in [0, 0.05) is 16.6 Å². The van der Waals surface area contributed by atoms with Crippen molar-refractivity contribution >= 4 is 49.2 Å². The van der Waals surface area contributed by atoms with E-state index in [1.165, 1.54) is 11.3 Å². The quantitative estimate of drug-likeness (QED) is 0.599. The minimum atomic E-state index is 0.0443. The van der Waals surface area contributed by atoms with Gasteiger partial charge in [-0.25, -0.2) is 4.98 Å². The van der Waals surface area contributed by atoms with Crippen LogP contribution in [0.1, 0.15) is 6.92 Å². The average Bonchev–Trinajstić information content (AvgIpc) is 2.83. The van der Waals surface area contributed by atoms with Crippen LogP contribution in [-0.4, -0.2) is 19.6 Å². The van der Waals surface area contributed by atoms with E-state index >= 15 is 0 Å². The zero-order chi connectivity index (χ0) is 11.3. The first-order valence-electron chi connectivity index (χ1n) is 4.86. The van der Waals surface area contributed by atoms with Crippen LogP contribution in [0.5, 0.6) is 0 Å². The summed E-state index contributed by atoms with van der Waals surface area (Å²) in [4.78, 5) is 16.7. The Morgan fingerprint density at radius 3 is 3.25 bits per heavy atom. The van der Waals surface area contributed by atoms with Gasteiger partial charge in [-0.3, -0.25) is 9.36 Å². The highest BCUT2D eigenvalue weighted by molar-refractivity contribution is 9.09. The standard InChI is InChI=1S/C10H9BrN2OS2/c1-10(4-11)5-13-8(14)7-6(2-3-15-7)12-9(13)16-10/h2-3H,4-5H2,1H3. The molecule has 0 amide bonds. The van der Waals surface area contributed by atoms with Gasteiger partial charge in [0.15, 0.2) is 5.16 Å². The van der Waals surface area contributed by atoms with E-state index in [0.717, 1.165) is 27.2 Å². The van der Waals surface area contributed by atoms with Crippen LogP contribution in [0.25, 0.3) is 10.2 Å². The monoisotopic (exact) mass is 316 g/mol. The Bertz CT molecular complexity index is 621. The van der Waals surface area contributed by atoms with Crippen molar-refractivity contribution in [3.63, 3.8) is 0 Å². The summed E-state index contributed by atoms with van der Waals surface area (Å²) >= 11 is 6.65. The lowest BCUT2D eigenvalue weighted by atomic mass is 10.2. The second-order valence-electron chi connectivity index (χ2n) is 4.11. The van der Waals surface area contributed by atoms with Crippen LogP contribution in [0.2, 0.25) is 0 Å². The predicted molar refractivity (Wildman–Crippen MR) is 71.9 cm³/mol. The van der Waals surface area contributed by atoms with Crippen molar-refractivity contribution in [1.29, 1.82) is 0 Å². The lowest BCUT2D eigenvalue weighted by Crippen LogP contribution is -2.27. The Balaban J connectivity index is 2.26. The molecule has 1 unspecified atom stereocenters. The third-order valence-electron chi connectivity index (χ3n) is 2.64. The molecule has 0 spiro atoms. The van der Waals surface area contributed by atoms with Gasteiger partial charge >= 0.3 is 0 Å². The Kier molecular flexibility index (Phi) is 2.42. The third kappa shape index (κ3) is 1.47. The van der Waals surface area contributed by atoms with Crippen LogP contribution in [0.15, 0.2) is 21.4 Å². The molecular weight excluding hydrogens is 308 g/mol. The highest BCUT2D eigenvalue weighted by Crippen LogP contribution is 2.40. The Labute approximate surface area is 109 Å². The zero-order valence-electron chi connectivity index (χ0n) is 8.57. The van der Waals surface area contributed by atoms with E-state index in [1.54, 1.807) is 16.3 Å². The molecule has 2 aromatic rings. The number of hydrogen-bond donors (Lipinski definition) is 0. The second kappa shape index (κ2) is 3.58. The fraction of sp³-hybridized carbons (Fsp3) is 0.400. The van der Waals surface area contributed by atoms with Crippen molar-refractivity contribution in [2.24, 2.45) is 0 Å². The number of hydrogen-bond acceptors (Lipinski definition) is 4. The molecule has 1 atom stereocenters. The molecule has 1 aliphatic heterocycles. The van der Waals surface area contributed by atoms with Gasteiger partial charge < -0.3 is 0 Å². The summed E-state index contributed by atoms with van der Waals surface area (Å²) in [7, 11) is 0. The summed E-state index contributed by atoms with van der Waals surface area (Å²) in [5, 5.41) is 3.63. The van der Waals surface area contributed by atoms with Crippen LogP contribution >= 0.6 is 39.0 Å². The van der Waals surface area contributed by atoms with Gasteiger partial charge in [0.05, 0.1) is 5.52 Å². The van der Waals surface area contributed by atoms with Crippen LogP contribution in [0.3, 0.4) is 0 Å². The SMILES string of the molecule is CC1(CBr)Cn2c(nc3ccsc3c2=O)S1. The van der Waals surface area contributed by atoms with Crippen molar-refractivity contribution in [3.05, 3.63) is 21.8 Å². The number of thioether (sulfide) groups is 1. The van der Waals surface area contributed by atoms with Gasteiger partial charge in [-0.2, -0.15) is 0 Å². The molecule has 0 saturated carbocycles. The average molecular weight is 317 g/mol. The molecule has 0 fully saturated rings. The molecule has 3 rings (SSSR count). The van der Waals surface area contributed by atoms with Crippen LogP contribution in [-0.2, 0) is 6.54 Å². The van der Waals surface area contributed by atoms with E-state index in [9.17, 15) is 4.79 Å². The summed E-state index contributed by atoms with van der Waals surface area (Å²) in [6, 6.07) is 1.91. The van der Waals surface area contributed by atoms with Gasteiger partial charge in [0.25, 0.3) is 5.56 Å². The molecule has 0 bridgehead atoms. The second-order valence-corrected chi connectivity index (χ2v) is 7.14. The van der Waals surface area contributed by atoms with E-state index in [4.69, 9.17) is 0 Å². The Morgan fingerprint density at radius 1 is 1.69 bits per heavy atom. The number of alkyl halides is 1. The van der Waals surface area contributed by atoms with E-state index < -0.39 is 0 Å². The van der Waals surface area contributed by atoms with E-state index in [1.807, 2.05) is 11.4 Å². The lowest BCUT2D eigenvalue weighted by Gasteiger charge is -2.16. The Morgan fingerprint density at radius 2 is 2.50 bits per heavy atom. The zero-order valence-corrected chi connectivity index (χ0v) is 11.8. The highest BCUT2D eigenvalue weighted by Gasteiger charge is 2.35. The number of nitrogens with zero attached hydrogens (tertiary/aromatic N) is 2. The van der Waals surface area contributed by atoms with Gasteiger partial charge in [-0.15, -0.1) is 11.3 Å². The largest absolute Gasteiger partial charge is 0.285 e. The fourth-order valence-electron chi connectivity index (χ4n) is 1.80. The van der Waals surface area contributed by atoms with Crippen LogP contribution in [0, 0.1) is 0 Å². The molecular formula is C10H9BrN2OS2. The van der Waals surface area contributed by atoms with Gasteiger partial charge in [0.1, 0.15) is 4.70 Å². The minimum absolute atomic E-state index is 0.0443. The summed E-state index contributed by atoms with van der Waals surface area (Å²) in [6.45, 7) is 2.88. The number of fused-ring (bicyclic) bond motifs is 2. The third-order valence-corrected chi connectivity index (χ3v) is 6.40. The first-order chi connectivity index (χ1) is 7.63. The molecule has 0 saturated heterocycles. The van der Waals surface area contributed by atoms with Gasteiger partial charge in [-0.1, -0.05) is 27.7 Å². The number of rotatable bonds is 1. The van der Waals surface area contributed by atoms with Crippen molar-refractivity contribution < 1.29 is 0 Å². The fourth-order valence-corrected chi connectivity index (χ4v) is 4.19. The lowest BCUT2D eigenvalue weighted by molar-refractivity contribution is 0.555. The van der Waals surface area contributed by atoms with Gasteiger partial charge in [-0.05, 0) is 18.4 Å². The van der Waals surface area contributed by atoms with Crippen LogP contribution in [0.4, 0.5) is 0 Å². The molecule has 16 heavy (non-hydrogen) atoms. The molecule has 6 heteroatoms. The predicted octanol–water partition coefficient (Wildman–Crippen LogP) is 2.72. The first-order valence-corrected chi connectivity index (χ1v) is 7.68. The maximum atomic E-state index is 12.2. The highest BCUT2D eigenvalue weighted by atomic mass is 79.9. The number of halogens is 1.